The number of nitro groups is 1. The summed E-state index contributed by atoms with van der Waals surface area (Å²) in [6.07, 6.45) is 0.939. The maximum absolute atomic E-state index is 12.5. The van der Waals surface area contributed by atoms with E-state index in [0.717, 1.165) is 12.5 Å². The van der Waals surface area contributed by atoms with Crippen LogP contribution in [0.25, 0.3) is 0 Å². The van der Waals surface area contributed by atoms with E-state index in [9.17, 15) is 14.9 Å². The molecule has 1 amide bonds. The Kier molecular flexibility index (Phi) is 5.96. The molecule has 0 bridgehead atoms. The molecule has 1 rings (SSSR count). The molecule has 1 unspecified atom stereocenters. The van der Waals surface area contributed by atoms with Crippen molar-refractivity contribution in [3.8, 4) is 0 Å². The molecule has 2 N–H and O–H groups in total. The minimum Gasteiger partial charge on any atom is -0.397 e. The number of rotatable bonds is 6. The molecule has 0 saturated heterocycles. The lowest BCUT2D eigenvalue weighted by Gasteiger charge is -2.24. The molecule has 0 heterocycles. The van der Waals surface area contributed by atoms with Gasteiger partial charge in [0.05, 0.1) is 21.2 Å². The summed E-state index contributed by atoms with van der Waals surface area (Å²) < 4.78 is 0. The molecule has 0 aliphatic rings. The van der Waals surface area contributed by atoms with Gasteiger partial charge in [-0.25, -0.2) is 0 Å². The van der Waals surface area contributed by atoms with Crippen LogP contribution in [0.1, 0.15) is 37.6 Å². The fourth-order valence-electron chi connectivity index (χ4n) is 1.92. The van der Waals surface area contributed by atoms with E-state index in [0.29, 0.717) is 19.0 Å². The van der Waals surface area contributed by atoms with Gasteiger partial charge >= 0.3 is 0 Å². The SMILES string of the molecule is CCC(C)CN(CC)C(=O)c1cc([N+](=O)[O-])cc(Cl)c1N. The van der Waals surface area contributed by atoms with Gasteiger partial charge in [-0.15, -0.1) is 0 Å². The van der Waals surface area contributed by atoms with E-state index >= 15 is 0 Å². The van der Waals surface area contributed by atoms with E-state index in [1.54, 1.807) is 4.90 Å². The highest BCUT2D eigenvalue weighted by Crippen LogP contribution is 2.29. The Morgan fingerprint density at radius 2 is 2.10 bits per heavy atom. The van der Waals surface area contributed by atoms with Crippen molar-refractivity contribution in [1.29, 1.82) is 0 Å². The van der Waals surface area contributed by atoms with E-state index < -0.39 is 4.92 Å². The first-order chi connectivity index (χ1) is 9.81. The molecule has 0 aliphatic heterocycles. The van der Waals surface area contributed by atoms with E-state index in [1.807, 2.05) is 20.8 Å². The zero-order chi connectivity index (χ0) is 16.2. The molecule has 1 aromatic rings. The molecular formula is C14H20ClN3O3. The Hall–Kier alpha value is -1.82. The number of carbonyl (C=O) groups is 1. The third kappa shape index (κ3) is 4.07. The summed E-state index contributed by atoms with van der Waals surface area (Å²) in [5, 5.41) is 10.9. The lowest BCUT2D eigenvalue weighted by Crippen LogP contribution is -2.35. The lowest BCUT2D eigenvalue weighted by atomic mass is 10.1. The minimum atomic E-state index is -0.590. The first-order valence-corrected chi connectivity index (χ1v) is 7.22. The average molecular weight is 314 g/mol. The molecule has 6 nitrogen and oxygen atoms in total. The summed E-state index contributed by atoms with van der Waals surface area (Å²) in [6.45, 7) is 7.02. The van der Waals surface area contributed by atoms with Gasteiger partial charge in [-0.3, -0.25) is 14.9 Å². The van der Waals surface area contributed by atoms with Gasteiger partial charge < -0.3 is 10.6 Å². The Bertz CT molecular complexity index is 549. The second kappa shape index (κ2) is 7.26. The van der Waals surface area contributed by atoms with Crippen LogP contribution in [0.3, 0.4) is 0 Å². The number of non-ortho nitro benzene ring substituents is 1. The van der Waals surface area contributed by atoms with Crippen molar-refractivity contribution in [2.45, 2.75) is 27.2 Å². The smallest absolute Gasteiger partial charge is 0.271 e. The summed E-state index contributed by atoms with van der Waals surface area (Å²) in [6, 6.07) is 2.33. The molecule has 116 valence electrons. The zero-order valence-electron chi connectivity index (χ0n) is 12.4. The molecule has 7 heteroatoms. The molecule has 0 aromatic heterocycles. The van der Waals surface area contributed by atoms with Gasteiger partial charge in [0.2, 0.25) is 0 Å². The summed E-state index contributed by atoms with van der Waals surface area (Å²) >= 11 is 5.89. The molecule has 21 heavy (non-hydrogen) atoms. The van der Waals surface area contributed by atoms with Crippen molar-refractivity contribution in [2.24, 2.45) is 5.92 Å². The number of nitrogen functional groups attached to an aromatic ring is 1. The Morgan fingerprint density at radius 1 is 1.48 bits per heavy atom. The number of anilines is 1. The van der Waals surface area contributed by atoms with Gasteiger partial charge in [0.1, 0.15) is 0 Å². The second-order valence-electron chi connectivity index (χ2n) is 5.00. The number of carbonyl (C=O) groups excluding carboxylic acids is 1. The predicted molar refractivity (Wildman–Crippen MR) is 83.6 cm³/mol. The number of nitrogens with zero attached hydrogens (tertiary/aromatic N) is 2. The van der Waals surface area contributed by atoms with Crippen molar-refractivity contribution >= 4 is 28.9 Å². The molecule has 0 aliphatic carbocycles. The second-order valence-corrected chi connectivity index (χ2v) is 5.41. The van der Waals surface area contributed by atoms with Crippen LogP contribution in [0.4, 0.5) is 11.4 Å². The normalized spacial score (nSPS) is 12.0. The molecular weight excluding hydrogens is 294 g/mol. The Morgan fingerprint density at radius 3 is 2.57 bits per heavy atom. The Labute approximate surface area is 129 Å². The third-order valence-electron chi connectivity index (χ3n) is 3.45. The van der Waals surface area contributed by atoms with Gasteiger partial charge in [0.15, 0.2) is 0 Å². The highest BCUT2D eigenvalue weighted by Gasteiger charge is 2.23. The number of benzene rings is 1. The number of amides is 1. The number of nitro benzene ring substituents is 1. The van der Waals surface area contributed by atoms with E-state index in [1.165, 1.54) is 6.07 Å². The number of hydrogen-bond donors (Lipinski definition) is 1. The van der Waals surface area contributed by atoms with Crippen LogP contribution in [0.15, 0.2) is 12.1 Å². The fourth-order valence-corrected chi connectivity index (χ4v) is 2.13. The topological polar surface area (TPSA) is 89.5 Å². The highest BCUT2D eigenvalue weighted by atomic mass is 35.5. The van der Waals surface area contributed by atoms with Crippen LogP contribution in [0.5, 0.6) is 0 Å². The Balaban J connectivity index is 3.18. The molecule has 0 fully saturated rings. The predicted octanol–water partition coefficient (Wildman–Crippen LogP) is 3.34. The molecule has 0 radical (unpaired) electrons. The van der Waals surface area contributed by atoms with Crippen LogP contribution in [-0.4, -0.2) is 28.8 Å². The van der Waals surface area contributed by atoms with Crippen molar-refractivity contribution in [1.82, 2.24) is 4.90 Å². The maximum atomic E-state index is 12.5. The third-order valence-corrected chi connectivity index (χ3v) is 3.77. The maximum Gasteiger partial charge on any atom is 0.271 e. The van der Waals surface area contributed by atoms with Crippen molar-refractivity contribution in [3.05, 3.63) is 32.8 Å². The quantitative estimate of drug-likeness (QED) is 0.495. The first kappa shape index (κ1) is 17.2. The summed E-state index contributed by atoms with van der Waals surface area (Å²) in [7, 11) is 0. The fraction of sp³-hybridized carbons (Fsp3) is 0.500. The van der Waals surface area contributed by atoms with E-state index in [4.69, 9.17) is 17.3 Å². The van der Waals surface area contributed by atoms with E-state index in [2.05, 4.69) is 0 Å². The summed E-state index contributed by atoms with van der Waals surface area (Å²) in [5.74, 6) is 0.00481. The minimum absolute atomic E-state index is 0.0205. The number of nitrogens with two attached hydrogens (primary N) is 1. The molecule has 1 aromatic carbocycles. The van der Waals surface area contributed by atoms with Gasteiger partial charge in [-0.05, 0) is 12.8 Å². The molecule has 0 saturated carbocycles. The van der Waals surface area contributed by atoms with Crippen LogP contribution in [0, 0.1) is 16.0 Å². The van der Waals surface area contributed by atoms with Crippen molar-refractivity contribution in [3.63, 3.8) is 0 Å². The average Bonchev–Trinajstić information content (AvgIpc) is 2.46. The molecule has 0 spiro atoms. The standard InChI is InChI=1S/C14H20ClN3O3/c1-4-9(3)8-17(5-2)14(19)11-6-10(18(20)21)7-12(15)13(11)16/h6-7,9H,4-5,8,16H2,1-3H3. The first-order valence-electron chi connectivity index (χ1n) is 6.84. The summed E-state index contributed by atoms with van der Waals surface area (Å²) in [5.41, 5.74) is 5.73. The highest BCUT2D eigenvalue weighted by molar-refractivity contribution is 6.34. The number of halogens is 1. The van der Waals surface area contributed by atoms with Crippen LogP contribution in [-0.2, 0) is 0 Å². The van der Waals surface area contributed by atoms with Crippen LogP contribution in [0.2, 0.25) is 5.02 Å². The zero-order valence-corrected chi connectivity index (χ0v) is 13.2. The van der Waals surface area contributed by atoms with Gasteiger partial charge in [0, 0.05) is 25.2 Å². The van der Waals surface area contributed by atoms with Crippen molar-refractivity contribution < 1.29 is 9.72 Å². The van der Waals surface area contributed by atoms with Crippen LogP contribution < -0.4 is 5.73 Å². The molecule has 1 atom stereocenters. The number of hydrogen-bond acceptors (Lipinski definition) is 4. The monoisotopic (exact) mass is 313 g/mol. The van der Waals surface area contributed by atoms with Crippen molar-refractivity contribution in [2.75, 3.05) is 18.8 Å². The van der Waals surface area contributed by atoms with E-state index in [-0.39, 0.29) is 27.9 Å². The largest absolute Gasteiger partial charge is 0.397 e. The van der Waals surface area contributed by atoms with Gasteiger partial charge in [-0.2, -0.15) is 0 Å². The van der Waals surface area contributed by atoms with Gasteiger partial charge in [-0.1, -0.05) is 31.9 Å². The van der Waals surface area contributed by atoms with Gasteiger partial charge in [0.25, 0.3) is 11.6 Å². The van der Waals surface area contributed by atoms with Crippen LogP contribution >= 0.6 is 11.6 Å². The summed E-state index contributed by atoms with van der Waals surface area (Å²) in [4.78, 5) is 24.5. The lowest BCUT2D eigenvalue weighted by molar-refractivity contribution is -0.384.